The highest BCUT2D eigenvalue weighted by Gasteiger charge is 2.06. The second kappa shape index (κ2) is 6.25. The molecular weight excluding hydrogens is 236 g/mol. The summed E-state index contributed by atoms with van der Waals surface area (Å²) in [5.74, 6) is 2.07. The van der Waals surface area contributed by atoms with E-state index in [1.807, 2.05) is 36.4 Å². The quantitative estimate of drug-likeness (QED) is 0.805. The first kappa shape index (κ1) is 13.4. The largest absolute Gasteiger partial charge is 0.457 e. The first-order chi connectivity index (χ1) is 9.19. The fourth-order valence-corrected chi connectivity index (χ4v) is 1.97. The summed E-state index contributed by atoms with van der Waals surface area (Å²) in [7, 11) is 0. The number of anilines is 1. The SMILES string of the molecule is CC(CCN)c1cccc(Oc2ccc(N)cc2)c1. The lowest BCUT2D eigenvalue weighted by Gasteiger charge is -2.12. The number of nitrogen functional groups attached to an aromatic ring is 1. The van der Waals surface area contributed by atoms with Crippen LogP contribution in [-0.2, 0) is 0 Å². The molecular formula is C16H20N2O. The minimum atomic E-state index is 0.444. The van der Waals surface area contributed by atoms with Crippen molar-refractivity contribution < 1.29 is 4.74 Å². The molecule has 3 heteroatoms. The Kier molecular flexibility index (Phi) is 4.42. The highest BCUT2D eigenvalue weighted by atomic mass is 16.5. The van der Waals surface area contributed by atoms with E-state index in [2.05, 4.69) is 19.1 Å². The molecule has 100 valence electrons. The Morgan fingerprint density at radius 3 is 2.47 bits per heavy atom. The van der Waals surface area contributed by atoms with Gasteiger partial charge in [-0.15, -0.1) is 0 Å². The molecule has 0 heterocycles. The van der Waals surface area contributed by atoms with Crippen LogP contribution in [0.1, 0.15) is 24.8 Å². The van der Waals surface area contributed by atoms with Crippen molar-refractivity contribution in [2.45, 2.75) is 19.3 Å². The molecule has 0 saturated carbocycles. The smallest absolute Gasteiger partial charge is 0.127 e. The van der Waals surface area contributed by atoms with Crippen molar-refractivity contribution in [3.05, 3.63) is 54.1 Å². The predicted molar refractivity (Wildman–Crippen MR) is 79.5 cm³/mol. The summed E-state index contributed by atoms with van der Waals surface area (Å²) >= 11 is 0. The van der Waals surface area contributed by atoms with Gasteiger partial charge in [0.05, 0.1) is 0 Å². The lowest BCUT2D eigenvalue weighted by atomic mass is 9.98. The highest BCUT2D eigenvalue weighted by Crippen LogP contribution is 2.26. The Morgan fingerprint density at radius 2 is 1.79 bits per heavy atom. The summed E-state index contributed by atoms with van der Waals surface area (Å²) in [6, 6.07) is 15.5. The summed E-state index contributed by atoms with van der Waals surface area (Å²) in [5, 5.41) is 0. The Hall–Kier alpha value is -2.00. The molecule has 1 unspecified atom stereocenters. The van der Waals surface area contributed by atoms with Gasteiger partial charge in [0, 0.05) is 5.69 Å². The van der Waals surface area contributed by atoms with E-state index in [-0.39, 0.29) is 0 Å². The molecule has 0 amide bonds. The van der Waals surface area contributed by atoms with E-state index in [4.69, 9.17) is 16.2 Å². The molecule has 4 N–H and O–H groups in total. The first-order valence-electron chi connectivity index (χ1n) is 6.52. The van der Waals surface area contributed by atoms with E-state index in [9.17, 15) is 0 Å². The zero-order valence-electron chi connectivity index (χ0n) is 11.2. The Balaban J connectivity index is 2.12. The molecule has 0 aliphatic carbocycles. The summed E-state index contributed by atoms with van der Waals surface area (Å²) in [5.41, 5.74) is 13.2. The maximum atomic E-state index is 5.82. The van der Waals surface area contributed by atoms with Crippen LogP contribution in [-0.4, -0.2) is 6.54 Å². The van der Waals surface area contributed by atoms with Gasteiger partial charge in [0.2, 0.25) is 0 Å². The van der Waals surface area contributed by atoms with Crippen molar-refractivity contribution in [2.24, 2.45) is 5.73 Å². The lowest BCUT2D eigenvalue weighted by Crippen LogP contribution is -2.04. The second-order valence-electron chi connectivity index (χ2n) is 4.72. The lowest BCUT2D eigenvalue weighted by molar-refractivity contribution is 0.481. The van der Waals surface area contributed by atoms with Crippen LogP contribution in [0.25, 0.3) is 0 Å². The van der Waals surface area contributed by atoms with Crippen molar-refractivity contribution in [3.63, 3.8) is 0 Å². The fourth-order valence-electron chi connectivity index (χ4n) is 1.97. The van der Waals surface area contributed by atoms with Crippen LogP contribution in [0.15, 0.2) is 48.5 Å². The van der Waals surface area contributed by atoms with Gasteiger partial charge >= 0.3 is 0 Å². The molecule has 2 aromatic carbocycles. The first-order valence-corrected chi connectivity index (χ1v) is 6.52. The minimum Gasteiger partial charge on any atom is -0.457 e. The molecule has 2 rings (SSSR count). The van der Waals surface area contributed by atoms with Crippen LogP contribution in [0, 0.1) is 0 Å². The van der Waals surface area contributed by atoms with Crippen LogP contribution in [0.4, 0.5) is 5.69 Å². The monoisotopic (exact) mass is 256 g/mol. The van der Waals surface area contributed by atoms with Gasteiger partial charge in [0.1, 0.15) is 11.5 Å². The molecule has 1 atom stereocenters. The van der Waals surface area contributed by atoms with Crippen molar-refractivity contribution in [2.75, 3.05) is 12.3 Å². The summed E-state index contributed by atoms with van der Waals surface area (Å²) in [4.78, 5) is 0. The van der Waals surface area contributed by atoms with Gasteiger partial charge in [0.15, 0.2) is 0 Å². The van der Waals surface area contributed by atoms with Crippen LogP contribution in [0.2, 0.25) is 0 Å². The standard InChI is InChI=1S/C16H20N2O/c1-12(9-10-17)13-3-2-4-16(11-13)19-15-7-5-14(18)6-8-15/h2-8,11-12H,9-10,17-18H2,1H3. The minimum absolute atomic E-state index is 0.444. The highest BCUT2D eigenvalue weighted by molar-refractivity contribution is 5.43. The molecule has 0 radical (unpaired) electrons. The number of rotatable bonds is 5. The van der Waals surface area contributed by atoms with Gasteiger partial charge in [-0.05, 0) is 60.8 Å². The van der Waals surface area contributed by atoms with Gasteiger partial charge in [-0.25, -0.2) is 0 Å². The second-order valence-corrected chi connectivity index (χ2v) is 4.72. The molecule has 0 aliphatic rings. The van der Waals surface area contributed by atoms with E-state index in [0.717, 1.165) is 23.6 Å². The van der Waals surface area contributed by atoms with Crippen LogP contribution in [0.5, 0.6) is 11.5 Å². The van der Waals surface area contributed by atoms with Crippen LogP contribution >= 0.6 is 0 Å². The van der Waals surface area contributed by atoms with E-state index >= 15 is 0 Å². The third-order valence-corrected chi connectivity index (χ3v) is 3.14. The van der Waals surface area contributed by atoms with E-state index < -0.39 is 0 Å². The van der Waals surface area contributed by atoms with Gasteiger partial charge < -0.3 is 16.2 Å². The number of hydrogen-bond acceptors (Lipinski definition) is 3. The molecule has 0 spiro atoms. The van der Waals surface area contributed by atoms with E-state index in [1.165, 1.54) is 5.56 Å². The average Bonchev–Trinajstić information content (AvgIpc) is 2.42. The Bertz CT molecular complexity index is 523. The van der Waals surface area contributed by atoms with Crippen LogP contribution in [0.3, 0.4) is 0 Å². The summed E-state index contributed by atoms with van der Waals surface area (Å²) in [6.45, 7) is 2.87. The van der Waals surface area contributed by atoms with E-state index in [0.29, 0.717) is 12.5 Å². The zero-order chi connectivity index (χ0) is 13.7. The van der Waals surface area contributed by atoms with Crippen molar-refractivity contribution >= 4 is 5.69 Å². The zero-order valence-corrected chi connectivity index (χ0v) is 11.2. The third-order valence-electron chi connectivity index (χ3n) is 3.14. The van der Waals surface area contributed by atoms with Gasteiger partial charge in [-0.1, -0.05) is 19.1 Å². The molecule has 0 fully saturated rings. The van der Waals surface area contributed by atoms with Gasteiger partial charge in [0.25, 0.3) is 0 Å². The third kappa shape index (κ3) is 3.73. The molecule has 0 bridgehead atoms. The number of ether oxygens (including phenoxy) is 1. The average molecular weight is 256 g/mol. The Labute approximate surface area is 114 Å². The molecule has 0 aromatic heterocycles. The fraction of sp³-hybridized carbons (Fsp3) is 0.250. The molecule has 2 aromatic rings. The topological polar surface area (TPSA) is 61.3 Å². The normalized spacial score (nSPS) is 12.1. The van der Waals surface area contributed by atoms with Crippen LogP contribution < -0.4 is 16.2 Å². The summed E-state index contributed by atoms with van der Waals surface area (Å²) < 4.78 is 5.82. The van der Waals surface area contributed by atoms with Crippen molar-refractivity contribution in [1.29, 1.82) is 0 Å². The predicted octanol–water partition coefficient (Wildman–Crippen LogP) is 3.51. The summed E-state index contributed by atoms with van der Waals surface area (Å²) in [6.07, 6.45) is 0.978. The Morgan fingerprint density at radius 1 is 1.05 bits per heavy atom. The number of benzene rings is 2. The number of nitrogens with two attached hydrogens (primary N) is 2. The maximum absolute atomic E-state index is 5.82. The molecule has 3 nitrogen and oxygen atoms in total. The number of hydrogen-bond donors (Lipinski definition) is 2. The molecule has 19 heavy (non-hydrogen) atoms. The van der Waals surface area contributed by atoms with Crippen molar-refractivity contribution in [3.8, 4) is 11.5 Å². The van der Waals surface area contributed by atoms with Gasteiger partial charge in [-0.3, -0.25) is 0 Å². The maximum Gasteiger partial charge on any atom is 0.127 e. The molecule has 0 saturated heterocycles. The van der Waals surface area contributed by atoms with E-state index in [1.54, 1.807) is 0 Å². The van der Waals surface area contributed by atoms with Gasteiger partial charge in [-0.2, -0.15) is 0 Å². The molecule has 0 aliphatic heterocycles. The van der Waals surface area contributed by atoms with Crippen molar-refractivity contribution in [1.82, 2.24) is 0 Å².